The Kier molecular flexibility index (Phi) is 4.77. The summed E-state index contributed by atoms with van der Waals surface area (Å²) < 4.78 is 11.8. The fourth-order valence-electron chi connectivity index (χ4n) is 2.59. The van der Waals surface area contributed by atoms with Gasteiger partial charge in [-0.15, -0.1) is 5.10 Å². The van der Waals surface area contributed by atoms with Gasteiger partial charge >= 0.3 is 0 Å². The fraction of sp³-hybridized carbons (Fsp3) is 0.438. The van der Waals surface area contributed by atoms with Gasteiger partial charge in [0.1, 0.15) is 17.9 Å². The summed E-state index contributed by atoms with van der Waals surface area (Å²) in [4.78, 5) is 12.2. The van der Waals surface area contributed by atoms with Crippen molar-refractivity contribution in [2.24, 2.45) is 0 Å². The molecule has 1 fully saturated rings. The molecule has 0 bridgehead atoms. The number of aliphatic hydroxyl groups is 1. The quantitative estimate of drug-likeness (QED) is 0.825. The van der Waals surface area contributed by atoms with Crippen LogP contribution in [0.4, 0.5) is 0 Å². The van der Waals surface area contributed by atoms with Gasteiger partial charge in [0.2, 0.25) is 0 Å². The summed E-state index contributed by atoms with van der Waals surface area (Å²) in [5, 5.41) is 20.4. The average Bonchev–Trinajstić information content (AvgIpc) is 3.22. The van der Waals surface area contributed by atoms with Crippen molar-refractivity contribution in [3.05, 3.63) is 41.2 Å². The SMILES string of the molecule is COc1ccc(CNC(=O)c2cn([C@@H]3COC[C@H]3O)nn2)c(C)c1. The highest BCUT2D eigenvalue weighted by Gasteiger charge is 2.29. The number of benzene rings is 1. The molecule has 1 aromatic heterocycles. The summed E-state index contributed by atoms with van der Waals surface area (Å²) in [7, 11) is 1.62. The number of hydrogen-bond donors (Lipinski definition) is 2. The summed E-state index contributed by atoms with van der Waals surface area (Å²) in [6.45, 7) is 2.97. The molecule has 1 saturated heterocycles. The monoisotopic (exact) mass is 332 g/mol. The minimum Gasteiger partial charge on any atom is -0.497 e. The number of carbonyl (C=O) groups excluding carboxylic acids is 1. The Labute approximate surface area is 139 Å². The van der Waals surface area contributed by atoms with E-state index >= 15 is 0 Å². The Hall–Kier alpha value is -2.45. The molecule has 2 heterocycles. The number of methoxy groups -OCH3 is 1. The summed E-state index contributed by atoms with van der Waals surface area (Å²) in [6.07, 6.45) is 0.892. The van der Waals surface area contributed by atoms with Crippen molar-refractivity contribution in [1.29, 1.82) is 0 Å². The van der Waals surface area contributed by atoms with Crippen molar-refractivity contribution in [2.45, 2.75) is 25.6 Å². The molecule has 2 N–H and O–H groups in total. The Bertz CT molecular complexity index is 731. The molecule has 8 nitrogen and oxygen atoms in total. The Balaban J connectivity index is 1.62. The predicted octanol–water partition coefficient (Wildman–Crippen LogP) is 0.457. The molecule has 0 radical (unpaired) electrons. The lowest BCUT2D eigenvalue weighted by Gasteiger charge is -2.11. The Morgan fingerprint density at radius 1 is 1.50 bits per heavy atom. The van der Waals surface area contributed by atoms with Gasteiger partial charge in [0.05, 0.1) is 26.5 Å². The van der Waals surface area contributed by atoms with Crippen LogP contribution in [0.5, 0.6) is 5.75 Å². The number of aliphatic hydroxyl groups excluding tert-OH is 1. The van der Waals surface area contributed by atoms with Crippen LogP contribution in [0.3, 0.4) is 0 Å². The number of aromatic nitrogens is 3. The summed E-state index contributed by atoms with van der Waals surface area (Å²) in [5.74, 6) is 0.465. The first-order chi connectivity index (χ1) is 11.6. The minimum absolute atomic E-state index is 0.209. The van der Waals surface area contributed by atoms with Crippen molar-refractivity contribution in [2.75, 3.05) is 20.3 Å². The molecule has 2 aromatic rings. The van der Waals surface area contributed by atoms with E-state index in [0.717, 1.165) is 16.9 Å². The molecule has 1 amide bonds. The lowest BCUT2D eigenvalue weighted by atomic mass is 10.1. The molecule has 3 rings (SSSR count). The van der Waals surface area contributed by atoms with Crippen LogP contribution in [-0.4, -0.2) is 52.4 Å². The summed E-state index contributed by atoms with van der Waals surface area (Å²) >= 11 is 0. The molecule has 2 atom stereocenters. The third kappa shape index (κ3) is 3.39. The van der Waals surface area contributed by atoms with Gasteiger partial charge in [-0.05, 0) is 30.2 Å². The zero-order chi connectivity index (χ0) is 17.1. The van der Waals surface area contributed by atoms with Gasteiger partial charge < -0.3 is 19.9 Å². The molecule has 8 heteroatoms. The normalized spacial score (nSPS) is 20.1. The topological polar surface area (TPSA) is 98.5 Å². The van der Waals surface area contributed by atoms with E-state index < -0.39 is 6.10 Å². The molecule has 1 aliphatic heterocycles. The number of nitrogens with zero attached hydrogens (tertiary/aromatic N) is 3. The lowest BCUT2D eigenvalue weighted by molar-refractivity contribution is 0.0945. The van der Waals surface area contributed by atoms with E-state index in [-0.39, 0.29) is 24.2 Å². The maximum absolute atomic E-state index is 12.2. The molecule has 0 spiro atoms. The van der Waals surface area contributed by atoms with E-state index in [1.807, 2.05) is 25.1 Å². The Morgan fingerprint density at radius 3 is 3.00 bits per heavy atom. The van der Waals surface area contributed by atoms with Crippen LogP contribution in [0.1, 0.15) is 27.7 Å². The molecule has 24 heavy (non-hydrogen) atoms. The smallest absolute Gasteiger partial charge is 0.273 e. The van der Waals surface area contributed by atoms with Crippen LogP contribution >= 0.6 is 0 Å². The highest BCUT2D eigenvalue weighted by atomic mass is 16.5. The van der Waals surface area contributed by atoms with Gasteiger partial charge in [0.25, 0.3) is 5.91 Å². The number of amides is 1. The second-order valence-corrected chi connectivity index (χ2v) is 5.73. The van der Waals surface area contributed by atoms with E-state index in [0.29, 0.717) is 13.2 Å². The average molecular weight is 332 g/mol. The van der Waals surface area contributed by atoms with Crippen LogP contribution < -0.4 is 10.1 Å². The molecule has 0 aliphatic carbocycles. The van der Waals surface area contributed by atoms with Gasteiger partial charge in [-0.3, -0.25) is 4.79 Å². The number of aryl methyl sites for hydroxylation is 1. The van der Waals surface area contributed by atoms with Crippen molar-refractivity contribution in [3.63, 3.8) is 0 Å². The first kappa shape index (κ1) is 16.4. The van der Waals surface area contributed by atoms with Gasteiger partial charge in [-0.1, -0.05) is 11.3 Å². The molecule has 0 saturated carbocycles. The largest absolute Gasteiger partial charge is 0.497 e. The molecular formula is C16H20N4O4. The zero-order valence-corrected chi connectivity index (χ0v) is 13.6. The predicted molar refractivity (Wildman–Crippen MR) is 84.8 cm³/mol. The highest BCUT2D eigenvalue weighted by Crippen LogP contribution is 2.19. The maximum Gasteiger partial charge on any atom is 0.273 e. The third-order valence-corrected chi connectivity index (χ3v) is 4.09. The molecule has 1 aliphatic rings. The first-order valence-electron chi connectivity index (χ1n) is 7.68. The van der Waals surface area contributed by atoms with Crippen molar-refractivity contribution in [1.82, 2.24) is 20.3 Å². The number of nitrogens with one attached hydrogen (secondary N) is 1. The number of rotatable bonds is 5. The van der Waals surface area contributed by atoms with E-state index in [9.17, 15) is 9.90 Å². The van der Waals surface area contributed by atoms with Crippen molar-refractivity contribution >= 4 is 5.91 Å². The molecule has 0 unspecified atom stereocenters. The lowest BCUT2D eigenvalue weighted by Crippen LogP contribution is -2.24. The van der Waals surface area contributed by atoms with Gasteiger partial charge in [0, 0.05) is 6.54 Å². The highest BCUT2D eigenvalue weighted by molar-refractivity contribution is 5.91. The number of ether oxygens (including phenoxy) is 2. The van der Waals surface area contributed by atoms with Crippen LogP contribution in [0.25, 0.3) is 0 Å². The zero-order valence-electron chi connectivity index (χ0n) is 13.6. The fourth-order valence-corrected chi connectivity index (χ4v) is 2.59. The second kappa shape index (κ2) is 6.98. The van der Waals surface area contributed by atoms with Crippen LogP contribution in [0.2, 0.25) is 0 Å². The Morgan fingerprint density at radius 2 is 2.33 bits per heavy atom. The summed E-state index contributed by atoms with van der Waals surface area (Å²) in [6, 6.07) is 5.38. The van der Waals surface area contributed by atoms with E-state index in [2.05, 4.69) is 15.6 Å². The second-order valence-electron chi connectivity index (χ2n) is 5.73. The van der Waals surface area contributed by atoms with Crippen LogP contribution in [0.15, 0.2) is 24.4 Å². The summed E-state index contributed by atoms with van der Waals surface area (Å²) in [5.41, 5.74) is 2.24. The minimum atomic E-state index is -0.635. The van der Waals surface area contributed by atoms with Gasteiger partial charge in [0.15, 0.2) is 5.69 Å². The number of carbonyl (C=O) groups is 1. The van der Waals surface area contributed by atoms with Gasteiger partial charge in [-0.2, -0.15) is 0 Å². The van der Waals surface area contributed by atoms with Gasteiger partial charge in [-0.25, -0.2) is 4.68 Å². The molecule has 128 valence electrons. The van der Waals surface area contributed by atoms with Crippen molar-refractivity contribution in [3.8, 4) is 5.75 Å². The van der Waals surface area contributed by atoms with E-state index in [1.54, 1.807) is 7.11 Å². The third-order valence-electron chi connectivity index (χ3n) is 4.09. The van der Waals surface area contributed by atoms with Crippen LogP contribution in [0, 0.1) is 6.92 Å². The maximum atomic E-state index is 12.2. The number of hydrogen-bond acceptors (Lipinski definition) is 6. The van der Waals surface area contributed by atoms with E-state index in [1.165, 1.54) is 10.9 Å². The van der Waals surface area contributed by atoms with Crippen molar-refractivity contribution < 1.29 is 19.4 Å². The molecule has 1 aromatic carbocycles. The van der Waals surface area contributed by atoms with E-state index in [4.69, 9.17) is 9.47 Å². The standard InChI is InChI=1S/C16H20N4O4/c1-10-5-12(23-2)4-3-11(10)6-17-16(22)13-7-20(19-18-13)14-8-24-9-15(14)21/h3-5,7,14-15,21H,6,8-9H2,1-2H3,(H,17,22)/t14-,15-/m1/s1. The molecular weight excluding hydrogens is 312 g/mol. The first-order valence-corrected chi connectivity index (χ1v) is 7.68. The van der Waals surface area contributed by atoms with Crippen LogP contribution in [-0.2, 0) is 11.3 Å².